The second kappa shape index (κ2) is 12.1. The normalized spacial score (nSPS) is 20.9. The lowest BCUT2D eigenvalue weighted by Crippen LogP contribution is -2.47. The SMILES string of the molecule is CN1CCN(C(=C2OCCN(c3cccc(C(F)(F)F)c3)C2=O)c2ccccc2N2CCN(C)CC2)CC1.Cl. The topological polar surface area (TPSA) is 42.5 Å². The van der Waals surface area contributed by atoms with Crippen molar-refractivity contribution >= 4 is 35.4 Å². The molecule has 5 rings (SSSR count). The molecule has 0 spiro atoms. The number of amides is 1. The Hall–Kier alpha value is -2.95. The Morgan fingerprint density at radius 1 is 0.821 bits per heavy atom. The van der Waals surface area contributed by atoms with Crippen LogP contribution in [0.1, 0.15) is 11.1 Å². The first-order valence-corrected chi connectivity index (χ1v) is 13.0. The van der Waals surface area contributed by atoms with Gasteiger partial charge in [-0.05, 0) is 38.4 Å². The number of nitrogens with zero attached hydrogens (tertiary/aromatic N) is 5. The highest BCUT2D eigenvalue weighted by atomic mass is 35.5. The highest BCUT2D eigenvalue weighted by Gasteiger charge is 2.36. The van der Waals surface area contributed by atoms with Crippen LogP contribution in [0.5, 0.6) is 0 Å². The van der Waals surface area contributed by atoms with Crippen molar-refractivity contribution in [3.05, 3.63) is 65.4 Å². The van der Waals surface area contributed by atoms with E-state index in [1.807, 2.05) is 18.2 Å². The number of para-hydroxylation sites is 1. The van der Waals surface area contributed by atoms with E-state index in [4.69, 9.17) is 4.74 Å². The number of rotatable bonds is 4. The van der Waals surface area contributed by atoms with E-state index in [1.165, 1.54) is 11.0 Å². The highest BCUT2D eigenvalue weighted by molar-refractivity contribution is 6.10. The molecule has 0 N–H and O–H groups in total. The Morgan fingerprint density at radius 2 is 1.46 bits per heavy atom. The molecule has 0 aliphatic carbocycles. The molecule has 1 amide bonds. The summed E-state index contributed by atoms with van der Waals surface area (Å²) in [6.45, 7) is 7.08. The van der Waals surface area contributed by atoms with E-state index in [2.05, 4.69) is 39.8 Å². The van der Waals surface area contributed by atoms with Crippen LogP contribution in [0.2, 0.25) is 0 Å². The van der Waals surface area contributed by atoms with Crippen molar-refractivity contribution in [3.63, 3.8) is 0 Å². The Labute approximate surface area is 233 Å². The van der Waals surface area contributed by atoms with Gasteiger partial charge in [-0.25, -0.2) is 0 Å². The number of carbonyl (C=O) groups is 1. The number of alkyl halides is 3. The number of ether oxygens (including phenoxy) is 1. The number of benzene rings is 2. The second-order valence-corrected chi connectivity index (χ2v) is 10.1. The van der Waals surface area contributed by atoms with E-state index in [1.54, 1.807) is 6.07 Å². The van der Waals surface area contributed by atoms with Crippen molar-refractivity contribution in [3.8, 4) is 0 Å². The predicted octanol–water partition coefficient (Wildman–Crippen LogP) is 3.86. The Bertz CT molecular complexity index is 1190. The molecule has 0 atom stereocenters. The monoisotopic (exact) mass is 565 g/mol. The molecule has 212 valence electrons. The van der Waals surface area contributed by atoms with E-state index >= 15 is 0 Å². The van der Waals surface area contributed by atoms with Crippen LogP contribution in [-0.4, -0.2) is 100 Å². The minimum absolute atomic E-state index is 0. The summed E-state index contributed by atoms with van der Waals surface area (Å²) in [5.41, 5.74) is 2.11. The molecule has 3 aliphatic rings. The molecule has 0 bridgehead atoms. The summed E-state index contributed by atoms with van der Waals surface area (Å²) in [7, 11) is 4.18. The van der Waals surface area contributed by atoms with Crippen molar-refractivity contribution in [2.75, 3.05) is 89.4 Å². The zero-order chi connectivity index (χ0) is 26.9. The molecule has 0 saturated carbocycles. The average molecular weight is 566 g/mol. The lowest BCUT2D eigenvalue weighted by Gasteiger charge is -2.40. The van der Waals surface area contributed by atoms with E-state index in [0.717, 1.165) is 62.7 Å². The van der Waals surface area contributed by atoms with Gasteiger partial charge in [-0.1, -0.05) is 24.3 Å². The maximum atomic E-state index is 13.9. The summed E-state index contributed by atoms with van der Waals surface area (Å²) in [5.74, 6) is -0.225. The minimum Gasteiger partial charge on any atom is -0.484 e. The number of morpholine rings is 1. The third-order valence-electron chi connectivity index (χ3n) is 7.52. The largest absolute Gasteiger partial charge is 0.484 e. The molecule has 11 heteroatoms. The quantitative estimate of drug-likeness (QED) is 0.525. The number of piperazine rings is 2. The van der Waals surface area contributed by atoms with Gasteiger partial charge in [-0.15, -0.1) is 12.4 Å². The van der Waals surface area contributed by atoms with Gasteiger partial charge in [0.15, 0.2) is 0 Å². The third kappa shape index (κ3) is 6.28. The van der Waals surface area contributed by atoms with E-state index in [-0.39, 0.29) is 37.0 Å². The fourth-order valence-electron chi connectivity index (χ4n) is 5.25. The molecule has 3 heterocycles. The Kier molecular flexibility index (Phi) is 8.98. The molecule has 2 aromatic carbocycles. The van der Waals surface area contributed by atoms with Crippen molar-refractivity contribution < 1.29 is 22.7 Å². The Morgan fingerprint density at radius 3 is 2.13 bits per heavy atom. The number of carbonyl (C=O) groups excluding carboxylic acids is 1. The van der Waals surface area contributed by atoms with Gasteiger partial charge < -0.3 is 29.2 Å². The van der Waals surface area contributed by atoms with Crippen molar-refractivity contribution in [2.24, 2.45) is 0 Å². The summed E-state index contributed by atoms with van der Waals surface area (Å²) in [6.07, 6.45) is -4.49. The molecular weight excluding hydrogens is 531 g/mol. The zero-order valence-electron chi connectivity index (χ0n) is 22.3. The van der Waals surface area contributed by atoms with Crippen LogP contribution in [0.25, 0.3) is 5.70 Å². The third-order valence-corrected chi connectivity index (χ3v) is 7.52. The summed E-state index contributed by atoms with van der Waals surface area (Å²) in [6, 6.07) is 13.0. The lowest BCUT2D eigenvalue weighted by molar-refractivity contribution is -0.137. The number of anilines is 2. The standard InChI is InChI=1S/C28H34F3N5O2.ClH/c1-32-10-14-34(15-11-32)24-9-4-3-8-23(24)25(35-16-12-33(2)13-17-35)26-27(37)36(18-19-38-26)22-7-5-6-21(20-22)28(29,30)31;/h3-9,20H,10-19H2,1-2H3;1H. The Balaban J connectivity index is 0.00000353. The predicted molar refractivity (Wildman–Crippen MR) is 149 cm³/mol. The van der Waals surface area contributed by atoms with Gasteiger partial charge >= 0.3 is 6.18 Å². The summed E-state index contributed by atoms with van der Waals surface area (Å²) in [5, 5.41) is 0. The molecule has 7 nitrogen and oxygen atoms in total. The molecule has 3 aliphatic heterocycles. The van der Waals surface area contributed by atoms with Crippen LogP contribution in [0.3, 0.4) is 0 Å². The van der Waals surface area contributed by atoms with Crippen LogP contribution in [0.4, 0.5) is 24.5 Å². The van der Waals surface area contributed by atoms with Crippen LogP contribution < -0.4 is 9.80 Å². The van der Waals surface area contributed by atoms with Gasteiger partial charge in [0.2, 0.25) is 5.76 Å². The van der Waals surface area contributed by atoms with E-state index in [9.17, 15) is 18.0 Å². The summed E-state index contributed by atoms with van der Waals surface area (Å²) in [4.78, 5) is 24.4. The van der Waals surface area contributed by atoms with Gasteiger partial charge in [0, 0.05) is 69.3 Å². The highest BCUT2D eigenvalue weighted by Crippen LogP contribution is 2.37. The van der Waals surface area contributed by atoms with Gasteiger partial charge in [0.1, 0.15) is 6.61 Å². The molecule has 3 fully saturated rings. The first-order valence-electron chi connectivity index (χ1n) is 13.0. The maximum Gasteiger partial charge on any atom is 0.416 e. The number of likely N-dealkylation sites (N-methyl/N-ethyl adjacent to an activating group) is 2. The van der Waals surface area contributed by atoms with Gasteiger partial charge in [0.05, 0.1) is 17.8 Å². The van der Waals surface area contributed by atoms with Gasteiger partial charge in [-0.2, -0.15) is 13.2 Å². The fraction of sp³-hybridized carbons (Fsp3) is 0.464. The zero-order valence-corrected chi connectivity index (χ0v) is 23.1. The fourth-order valence-corrected chi connectivity index (χ4v) is 5.25. The average Bonchev–Trinajstić information content (AvgIpc) is 2.91. The maximum absolute atomic E-state index is 13.9. The molecule has 39 heavy (non-hydrogen) atoms. The molecule has 0 radical (unpaired) electrons. The second-order valence-electron chi connectivity index (χ2n) is 10.1. The van der Waals surface area contributed by atoms with Crippen molar-refractivity contribution in [2.45, 2.75) is 6.18 Å². The minimum atomic E-state index is -4.49. The van der Waals surface area contributed by atoms with Crippen molar-refractivity contribution in [1.29, 1.82) is 0 Å². The number of hydrogen-bond donors (Lipinski definition) is 0. The van der Waals surface area contributed by atoms with E-state index < -0.39 is 17.6 Å². The molecular formula is C28H35ClF3N5O2. The first-order chi connectivity index (χ1) is 18.2. The molecule has 0 unspecified atom stereocenters. The van der Waals surface area contributed by atoms with Crippen LogP contribution in [0.15, 0.2) is 54.3 Å². The number of hydrogen-bond acceptors (Lipinski definition) is 6. The summed E-state index contributed by atoms with van der Waals surface area (Å²) >= 11 is 0. The van der Waals surface area contributed by atoms with E-state index in [0.29, 0.717) is 18.8 Å². The number of halogens is 4. The first kappa shape index (κ1) is 29.0. The summed E-state index contributed by atoms with van der Waals surface area (Å²) < 4.78 is 46.3. The smallest absolute Gasteiger partial charge is 0.416 e. The van der Waals surface area contributed by atoms with Crippen LogP contribution >= 0.6 is 12.4 Å². The van der Waals surface area contributed by atoms with Crippen LogP contribution in [-0.2, 0) is 15.7 Å². The van der Waals surface area contributed by atoms with Crippen molar-refractivity contribution in [1.82, 2.24) is 14.7 Å². The lowest BCUT2D eigenvalue weighted by atomic mass is 10.0. The molecule has 3 saturated heterocycles. The van der Waals surface area contributed by atoms with Crippen LogP contribution in [0, 0.1) is 0 Å². The van der Waals surface area contributed by atoms with Gasteiger partial charge in [-0.3, -0.25) is 4.79 Å². The van der Waals surface area contributed by atoms with Gasteiger partial charge in [0.25, 0.3) is 5.91 Å². The molecule has 0 aromatic heterocycles. The molecule has 2 aromatic rings.